The minimum atomic E-state index is -0.118. The average Bonchev–Trinajstić information content (AvgIpc) is 2.84. The van der Waals surface area contributed by atoms with Gasteiger partial charge in [0, 0.05) is 29.6 Å². The molecule has 0 radical (unpaired) electrons. The number of rotatable bonds is 1. The first-order valence-corrected chi connectivity index (χ1v) is 8.53. The van der Waals surface area contributed by atoms with Crippen LogP contribution in [0, 0.1) is 6.92 Å². The van der Waals surface area contributed by atoms with Crippen molar-refractivity contribution in [2.24, 2.45) is 5.73 Å². The Morgan fingerprint density at radius 3 is 3.05 bits per heavy atom. The van der Waals surface area contributed by atoms with Gasteiger partial charge in [0.05, 0.1) is 24.8 Å². The van der Waals surface area contributed by atoms with Crippen LogP contribution in [0.4, 0.5) is 5.95 Å². The Balaban J connectivity index is 1.98. The summed E-state index contributed by atoms with van der Waals surface area (Å²) < 4.78 is 8.12. The van der Waals surface area contributed by atoms with Crippen molar-refractivity contribution < 1.29 is 4.74 Å². The third-order valence-corrected chi connectivity index (χ3v) is 5.72. The molecule has 2 atom stereocenters. The number of morpholine rings is 1. The third-order valence-electron chi connectivity index (χ3n) is 4.62. The summed E-state index contributed by atoms with van der Waals surface area (Å²) in [6.07, 6.45) is 0.935. The number of fused-ring (bicyclic) bond motifs is 4. The summed E-state index contributed by atoms with van der Waals surface area (Å²) in [4.78, 5) is 21.1. The predicted molar refractivity (Wildman–Crippen MR) is 87.8 cm³/mol. The number of hydrogen-bond acceptors (Lipinski definition) is 6. The molecule has 4 rings (SSSR count). The number of thiophene rings is 1. The predicted octanol–water partition coefficient (Wildman–Crippen LogP) is 1.40. The summed E-state index contributed by atoms with van der Waals surface area (Å²) in [5, 5.41) is 0. The first-order chi connectivity index (χ1) is 10.6. The second-order valence-corrected chi connectivity index (χ2v) is 7.34. The Kier molecular flexibility index (Phi) is 3.25. The van der Waals surface area contributed by atoms with Crippen LogP contribution in [0.3, 0.4) is 0 Å². The molecule has 4 heterocycles. The Morgan fingerprint density at radius 1 is 1.45 bits per heavy atom. The lowest BCUT2D eigenvalue weighted by Gasteiger charge is -2.40. The Labute approximate surface area is 132 Å². The van der Waals surface area contributed by atoms with E-state index in [0.29, 0.717) is 19.2 Å². The number of ether oxygens (including phenoxy) is 1. The molecule has 7 heteroatoms. The second kappa shape index (κ2) is 5.04. The maximum Gasteiger partial charge on any atom is 0.272 e. The maximum absolute atomic E-state index is 12.9. The molecule has 0 saturated carbocycles. The van der Waals surface area contributed by atoms with Crippen molar-refractivity contribution in [3.05, 3.63) is 20.8 Å². The van der Waals surface area contributed by atoms with Crippen molar-refractivity contribution in [2.45, 2.75) is 38.9 Å². The molecule has 1 fully saturated rings. The Hall–Kier alpha value is -1.44. The van der Waals surface area contributed by atoms with Gasteiger partial charge in [0.15, 0.2) is 0 Å². The topological polar surface area (TPSA) is 73.4 Å². The van der Waals surface area contributed by atoms with Gasteiger partial charge in [0.1, 0.15) is 4.70 Å². The number of nitrogens with zero attached hydrogens (tertiary/aromatic N) is 3. The molecule has 2 N–H and O–H groups in total. The SMILES string of the molecule is Cc1sc2c(=O)n3c(nc2c1[C@@H](C)N)N1CCOC[C@@H]1CC3. The zero-order chi connectivity index (χ0) is 15.4. The number of aromatic nitrogens is 2. The highest BCUT2D eigenvalue weighted by Gasteiger charge is 2.32. The zero-order valence-corrected chi connectivity index (χ0v) is 13.7. The van der Waals surface area contributed by atoms with Crippen molar-refractivity contribution in [3.8, 4) is 0 Å². The van der Waals surface area contributed by atoms with E-state index >= 15 is 0 Å². The highest BCUT2D eigenvalue weighted by atomic mass is 32.1. The van der Waals surface area contributed by atoms with E-state index < -0.39 is 0 Å². The molecule has 0 unspecified atom stereocenters. The van der Waals surface area contributed by atoms with Crippen LogP contribution in [0.25, 0.3) is 10.2 Å². The minimum Gasteiger partial charge on any atom is -0.377 e. The molecule has 118 valence electrons. The minimum absolute atomic E-state index is 0.0740. The standard InChI is InChI=1S/C15H20N4O2S/c1-8(16)11-9(2)22-13-12(11)17-15-18-5-6-21-7-10(18)3-4-19(15)14(13)20/h8,10H,3-7,16H2,1-2H3/t8-,10+/m1/s1. The molecule has 22 heavy (non-hydrogen) atoms. The van der Waals surface area contributed by atoms with E-state index in [1.807, 2.05) is 18.4 Å². The van der Waals surface area contributed by atoms with Gasteiger partial charge in [-0.3, -0.25) is 9.36 Å². The molecule has 0 spiro atoms. The molecule has 2 aromatic rings. The zero-order valence-electron chi connectivity index (χ0n) is 12.8. The molecule has 0 bridgehead atoms. The van der Waals surface area contributed by atoms with Crippen LogP contribution >= 0.6 is 11.3 Å². The molecule has 1 saturated heterocycles. The van der Waals surface area contributed by atoms with Gasteiger partial charge < -0.3 is 15.4 Å². The van der Waals surface area contributed by atoms with Crippen LogP contribution in [-0.4, -0.2) is 35.4 Å². The fourth-order valence-corrected chi connectivity index (χ4v) is 4.72. The molecule has 0 amide bonds. The number of aryl methyl sites for hydroxylation is 1. The van der Waals surface area contributed by atoms with Gasteiger partial charge >= 0.3 is 0 Å². The number of hydrogen-bond donors (Lipinski definition) is 1. The molecule has 2 aliphatic heterocycles. The summed E-state index contributed by atoms with van der Waals surface area (Å²) in [7, 11) is 0. The maximum atomic E-state index is 12.9. The summed E-state index contributed by atoms with van der Waals surface area (Å²) >= 11 is 1.52. The first kappa shape index (κ1) is 14.2. The highest BCUT2D eigenvalue weighted by molar-refractivity contribution is 7.19. The Bertz CT molecular complexity index is 795. The number of anilines is 1. The molecule has 0 aromatic carbocycles. The summed E-state index contributed by atoms with van der Waals surface area (Å²) in [6.45, 7) is 6.88. The lowest BCUT2D eigenvalue weighted by atomic mass is 10.1. The smallest absolute Gasteiger partial charge is 0.272 e. The molecular formula is C15H20N4O2S. The van der Waals surface area contributed by atoms with Gasteiger partial charge in [0.2, 0.25) is 5.95 Å². The van der Waals surface area contributed by atoms with E-state index in [-0.39, 0.29) is 11.6 Å². The van der Waals surface area contributed by atoms with Crippen molar-refractivity contribution >= 4 is 27.5 Å². The largest absolute Gasteiger partial charge is 0.377 e. The van der Waals surface area contributed by atoms with Crippen LogP contribution in [-0.2, 0) is 11.3 Å². The van der Waals surface area contributed by atoms with Gasteiger partial charge in [0.25, 0.3) is 5.56 Å². The molecule has 6 nitrogen and oxygen atoms in total. The average molecular weight is 320 g/mol. The first-order valence-electron chi connectivity index (χ1n) is 7.71. The summed E-state index contributed by atoms with van der Waals surface area (Å²) in [5.74, 6) is 0.789. The van der Waals surface area contributed by atoms with E-state index in [1.165, 1.54) is 11.3 Å². The highest BCUT2D eigenvalue weighted by Crippen LogP contribution is 2.34. The van der Waals surface area contributed by atoms with Gasteiger partial charge in [-0.05, 0) is 20.3 Å². The van der Waals surface area contributed by atoms with Crippen LogP contribution in [0.1, 0.15) is 29.8 Å². The van der Waals surface area contributed by atoms with Crippen molar-refractivity contribution in [1.29, 1.82) is 0 Å². The van der Waals surface area contributed by atoms with Gasteiger partial charge in [-0.25, -0.2) is 4.98 Å². The van der Waals surface area contributed by atoms with Crippen molar-refractivity contribution in [1.82, 2.24) is 9.55 Å². The fourth-order valence-electron chi connectivity index (χ4n) is 3.57. The van der Waals surface area contributed by atoms with Crippen LogP contribution in [0.15, 0.2) is 4.79 Å². The van der Waals surface area contributed by atoms with Crippen LogP contribution in [0.2, 0.25) is 0 Å². The van der Waals surface area contributed by atoms with E-state index in [4.69, 9.17) is 15.5 Å². The van der Waals surface area contributed by atoms with Crippen LogP contribution < -0.4 is 16.2 Å². The van der Waals surface area contributed by atoms with Crippen molar-refractivity contribution in [2.75, 3.05) is 24.7 Å². The Morgan fingerprint density at radius 2 is 2.27 bits per heavy atom. The van der Waals surface area contributed by atoms with E-state index in [2.05, 4.69) is 4.90 Å². The van der Waals surface area contributed by atoms with Crippen molar-refractivity contribution in [3.63, 3.8) is 0 Å². The summed E-state index contributed by atoms with van der Waals surface area (Å²) in [5.41, 5.74) is 7.98. The number of nitrogens with two attached hydrogens (primary N) is 1. The van der Waals surface area contributed by atoms with Gasteiger partial charge in [-0.1, -0.05) is 0 Å². The molecule has 2 aliphatic rings. The lowest BCUT2D eigenvalue weighted by Crippen LogP contribution is -2.51. The summed E-state index contributed by atoms with van der Waals surface area (Å²) in [6, 6.07) is 0.212. The van der Waals surface area contributed by atoms with Crippen LogP contribution in [0.5, 0.6) is 0 Å². The molecule has 2 aromatic heterocycles. The third kappa shape index (κ3) is 1.92. The lowest BCUT2D eigenvalue weighted by molar-refractivity contribution is 0.0844. The van der Waals surface area contributed by atoms with Gasteiger partial charge in [-0.2, -0.15) is 0 Å². The van der Waals surface area contributed by atoms with E-state index in [9.17, 15) is 4.79 Å². The van der Waals surface area contributed by atoms with E-state index in [1.54, 1.807) is 0 Å². The van der Waals surface area contributed by atoms with E-state index in [0.717, 1.165) is 46.2 Å². The fraction of sp³-hybridized carbons (Fsp3) is 0.600. The molecular weight excluding hydrogens is 300 g/mol. The molecule has 0 aliphatic carbocycles. The monoisotopic (exact) mass is 320 g/mol. The normalized spacial score (nSPS) is 22.5. The quantitative estimate of drug-likeness (QED) is 0.860. The second-order valence-electron chi connectivity index (χ2n) is 6.12. The van der Waals surface area contributed by atoms with Gasteiger partial charge in [-0.15, -0.1) is 11.3 Å².